The molecule has 2 aromatic rings. The van der Waals surface area contributed by atoms with Gasteiger partial charge in [-0.1, -0.05) is 42.5 Å². The molecule has 5 nitrogen and oxygen atoms in total. The van der Waals surface area contributed by atoms with Crippen LogP contribution < -0.4 is 21.1 Å². The van der Waals surface area contributed by atoms with Gasteiger partial charge in [-0.2, -0.15) is 0 Å². The van der Waals surface area contributed by atoms with E-state index in [1.165, 1.54) is 0 Å². The summed E-state index contributed by atoms with van der Waals surface area (Å²) >= 11 is 0. The van der Waals surface area contributed by atoms with E-state index < -0.39 is 0 Å². The van der Waals surface area contributed by atoms with Crippen molar-refractivity contribution in [1.82, 2.24) is 10.6 Å². The molecule has 0 heterocycles. The average Bonchev–Trinajstić information content (AvgIpc) is 2.64. The Balaban J connectivity index is 2.00. The number of nitrogens with two attached hydrogens (primary N) is 1. The summed E-state index contributed by atoms with van der Waals surface area (Å²) in [5.41, 5.74) is 8.65. The van der Waals surface area contributed by atoms with E-state index in [0.717, 1.165) is 22.4 Å². The first-order valence-electron chi connectivity index (χ1n) is 8.09. The van der Waals surface area contributed by atoms with E-state index in [1.807, 2.05) is 31.2 Å². The Kier molecular flexibility index (Phi) is 6.78. The zero-order chi connectivity index (χ0) is 17.4. The number of amides is 1. The number of carbonyl (C=O) groups excluding carboxylic acids is 1. The van der Waals surface area contributed by atoms with Crippen LogP contribution in [-0.2, 0) is 4.79 Å². The van der Waals surface area contributed by atoms with Gasteiger partial charge in [-0.3, -0.25) is 4.79 Å². The molecule has 4 N–H and O–H groups in total. The molecule has 1 unspecified atom stereocenters. The summed E-state index contributed by atoms with van der Waals surface area (Å²) < 4.78 is 5.41. The normalized spacial score (nSPS) is 11.8. The van der Waals surface area contributed by atoms with Crippen LogP contribution in [0.25, 0.3) is 11.1 Å². The zero-order valence-corrected chi connectivity index (χ0v) is 14.2. The molecular weight excluding hydrogens is 302 g/mol. The number of para-hydroxylation sites is 1. The topological polar surface area (TPSA) is 76.4 Å². The lowest BCUT2D eigenvalue weighted by Gasteiger charge is -2.15. The van der Waals surface area contributed by atoms with Gasteiger partial charge in [0.15, 0.2) is 0 Å². The molecule has 0 saturated carbocycles. The van der Waals surface area contributed by atoms with Crippen molar-refractivity contribution >= 4 is 5.91 Å². The van der Waals surface area contributed by atoms with Crippen molar-refractivity contribution in [3.8, 4) is 16.9 Å². The molecular formula is C19H25N3O2. The van der Waals surface area contributed by atoms with E-state index in [1.54, 1.807) is 7.11 Å². The van der Waals surface area contributed by atoms with Gasteiger partial charge in [-0.15, -0.1) is 0 Å². The first-order valence-corrected chi connectivity index (χ1v) is 8.09. The smallest absolute Gasteiger partial charge is 0.234 e. The van der Waals surface area contributed by atoms with Crippen molar-refractivity contribution in [3.05, 3.63) is 54.1 Å². The van der Waals surface area contributed by atoms with Crippen molar-refractivity contribution in [2.45, 2.75) is 13.0 Å². The minimum absolute atomic E-state index is 0.0436. The molecule has 0 aliphatic heterocycles. The molecule has 0 aliphatic rings. The minimum Gasteiger partial charge on any atom is -0.496 e. The van der Waals surface area contributed by atoms with Crippen LogP contribution in [0.4, 0.5) is 0 Å². The fourth-order valence-corrected chi connectivity index (χ4v) is 2.47. The van der Waals surface area contributed by atoms with Crippen LogP contribution in [0.3, 0.4) is 0 Å². The maximum Gasteiger partial charge on any atom is 0.234 e. The van der Waals surface area contributed by atoms with Gasteiger partial charge in [0.1, 0.15) is 5.75 Å². The first-order chi connectivity index (χ1) is 11.7. The Hall–Kier alpha value is -2.37. The highest BCUT2D eigenvalue weighted by atomic mass is 16.5. The Morgan fingerprint density at radius 2 is 1.88 bits per heavy atom. The second-order valence-corrected chi connectivity index (χ2v) is 5.56. The van der Waals surface area contributed by atoms with Gasteiger partial charge >= 0.3 is 0 Å². The lowest BCUT2D eigenvalue weighted by molar-refractivity contribution is -0.120. The second kappa shape index (κ2) is 9.05. The third-order valence-corrected chi connectivity index (χ3v) is 3.86. The highest BCUT2D eigenvalue weighted by Gasteiger charge is 2.09. The largest absolute Gasteiger partial charge is 0.496 e. The molecule has 1 amide bonds. The quantitative estimate of drug-likeness (QED) is 0.694. The molecule has 1 atom stereocenters. The minimum atomic E-state index is -0.0436. The molecule has 2 aromatic carbocycles. The zero-order valence-electron chi connectivity index (χ0n) is 14.2. The molecule has 128 valence electrons. The highest BCUT2D eigenvalue weighted by molar-refractivity contribution is 5.78. The third kappa shape index (κ3) is 4.81. The number of hydrogen-bond donors (Lipinski definition) is 3. The summed E-state index contributed by atoms with van der Waals surface area (Å²) in [7, 11) is 1.68. The summed E-state index contributed by atoms with van der Waals surface area (Å²) in [5, 5.41) is 5.95. The standard InChI is InChI=1S/C19H25N3O2/c1-14(22-13-19(23)21-12-11-20)15-7-9-16(10-8-15)17-5-3-4-6-18(17)24-2/h3-10,14,22H,11-13,20H2,1-2H3,(H,21,23). The molecule has 0 spiro atoms. The number of carbonyl (C=O) groups is 1. The van der Waals surface area contributed by atoms with Gasteiger partial charge < -0.3 is 21.1 Å². The van der Waals surface area contributed by atoms with E-state index in [0.29, 0.717) is 13.1 Å². The first kappa shape index (κ1) is 18.0. The molecule has 0 fully saturated rings. The molecule has 5 heteroatoms. The summed E-state index contributed by atoms with van der Waals surface area (Å²) in [4.78, 5) is 11.6. The Bertz CT molecular complexity index is 656. The molecule has 0 aromatic heterocycles. The van der Waals surface area contributed by atoms with Crippen molar-refractivity contribution in [2.24, 2.45) is 5.73 Å². The number of benzene rings is 2. The van der Waals surface area contributed by atoms with Crippen LogP contribution in [0.5, 0.6) is 5.75 Å². The predicted molar refractivity (Wildman–Crippen MR) is 96.9 cm³/mol. The SMILES string of the molecule is COc1ccccc1-c1ccc(C(C)NCC(=O)NCCN)cc1. The number of rotatable bonds is 8. The molecule has 0 bridgehead atoms. The monoisotopic (exact) mass is 327 g/mol. The Labute approximate surface area is 143 Å². The molecule has 0 aliphatic carbocycles. The number of nitrogens with one attached hydrogen (secondary N) is 2. The summed E-state index contributed by atoms with van der Waals surface area (Å²) in [6, 6.07) is 16.3. The van der Waals surface area contributed by atoms with Gasteiger partial charge in [0.05, 0.1) is 13.7 Å². The summed E-state index contributed by atoms with van der Waals surface area (Å²) in [5.74, 6) is 0.811. The Morgan fingerprint density at radius 3 is 2.54 bits per heavy atom. The Morgan fingerprint density at radius 1 is 1.17 bits per heavy atom. The average molecular weight is 327 g/mol. The van der Waals surface area contributed by atoms with E-state index >= 15 is 0 Å². The van der Waals surface area contributed by atoms with E-state index in [2.05, 4.69) is 34.9 Å². The fraction of sp³-hybridized carbons (Fsp3) is 0.316. The van der Waals surface area contributed by atoms with Crippen LogP contribution in [0, 0.1) is 0 Å². The number of hydrogen-bond acceptors (Lipinski definition) is 4. The van der Waals surface area contributed by atoms with Crippen molar-refractivity contribution in [3.63, 3.8) is 0 Å². The van der Waals surface area contributed by atoms with Crippen molar-refractivity contribution < 1.29 is 9.53 Å². The lowest BCUT2D eigenvalue weighted by Crippen LogP contribution is -2.37. The molecule has 0 radical (unpaired) electrons. The van der Waals surface area contributed by atoms with Crippen molar-refractivity contribution in [1.29, 1.82) is 0 Å². The summed E-state index contributed by atoms with van der Waals surface area (Å²) in [6.45, 7) is 3.26. The van der Waals surface area contributed by atoms with Crippen molar-refractivity contribution in [2.75, 3.05) is 26.7 Å². The van der Waals surface area contributed by atoms with Crippen LogP contribution in [0.2, 0.25) is 0 Å². The number of ether oxygens (including phenoxy) is 1. The van der Waals surface area contributed by atoms with E-state index in [-0.39, 0.29) is 18.5 Å². The fourth-order valence-electron chi connectivity index (χ4n) is 2.47. The van der Waals surface area contributed by atoms with E-state index in [4.69, 9.17) is 10.5 Å². The maximum atomic E-state index is 11.6. The maximum absolute atomic E-state index is 11.6. The summed E-state index contributed by atoms with van der Waals surface area (Å²) in [6.07, 6.45) is 0. The predicted octanol–water partition coefficient (Wildman–Crippen LogP) is 2.09. The van der Waals surface area contributed by atoms with Gasteiger partial charge in [-0.05, 0) is 24.1 Å². The van der Waals surface area contributed by atoms with Crippen LogP contribution >= 0.6 is 0 Å². The number of methoxy groups -OCH3 is 1. The van der Waals surface area contributed by atoms with Crippen LogP contribution in [0.15, 0.2) is 48.5 Å². The van der Waals surface area contributed by atoms with Gasteiger partial charge in [0.2, 0.25) is 5.91 Å². The van der Waals surface area contributed by atoms with E-state index in [9.17, 15) is 4.79 Å². The second-order valence-electron chi connectivity index (χ2n) is 5.56. The van der Waals surface area contributed by atoms with Crippen LogP contribution in [0.1, 0.15) is 18.5 Å². The lowest BCUT2D eigenvalue weighted by atomic mass is 10.0. The molecule has 2 rings (SSSR count). The molecule has 24 heavy (non-hydrogen) atoms. The van der Waals surface area contributed by atoms with Gasteiger partial charge in [0, 0.05) is 24.7 Å². The highest BCUT2D eigenvalue weighted by Crippen LogP contribution is 2.30. The van der Waals surface area contributed by atoms with Gasteiger partial charge in [0.25, 0.3) is 0 Å². The molecule has 0 saturated heterocycles. The van der Waals surface area contributed by atoms with Crippen LogP contribution in [-0.4, -0.2) is 32.7 Å². The third-order valence-electron chi connectivity index (χ3n) is 3.86. The van der Waals surface area contributed by atoms with Gasteiger partial charge in [-0.25, -0.2) is 0 Å².